The second-order valence-electron chi connectivity index (χ2n) is 10.2. The van der Waals surface area contributed by atoms with E-state index in [4.69, 9.17) is 0 Å². The Morgan fingerprint density at radius 1 is 1.23 bits per heavy atom. The maximum absolute atomic E-state index is 13.5. The van der Waals surface area contributed by atoms with E-state index >= 15 is 0 Å². The van der Waals surface area contributed by atoms with Gasteiger partial charge in [0, 0.05) is 12.6 Å². The molecule has 0 aromatic heterocycles. The first-order chi connectivity index (χ1) is 14.3. The van der Waals surface area contributed by atoms with Gasteiger partial charge in [-0.25, -0.2) is 4.79 Å². The van der Waals surface area contributed by atoms with E-state index in [1.807, 2.05) is 34.6 Å². The van der Waals surface area contributed by atoms with Gasteiger partial charge in [0.25, 0.3) is 0 Å². The predicted octanol–water partition coefficient (Wildman–Crippen LogP) is 3.30. The van der Waals surface area contributed by atoms with Gasteiger partial charge in [0.05, 0.1) is 12.1 Å². The maximum atomic E-state index is 13.5. The number of aliphatic carboxylic acids is 1. The average Bonchev–Trinajstić information content (AvgIpc) is 2.68. The molecule has 0 bridgehead atoms. The molecule has 1 rings (SSSR count). The SMILES string of the molecule is CCCN1CCCCC1C(=O)N[C@H](C(=O)N(C)[C@H](C=C(C)C(=O)O)C(C)C)C(C)(C)C. The monoisotopic (exact) mass is 437 g/mol. The molecule has 7 heteroatoms. The summed E-state index contributed by atoms with van der Waals surface area (Å²) in [5.41, 5.74) is -0.287. The largest absolute Gasteiger partial charge is 0.478 e. The Labute approximate surface area is 188 Å². The topological polar surface area (TPSA) is 90.0 Å². The van der Waals surface area contributed by atoms with Crippen molar-refractivity contribution in [3.8, 4) is 0 Å². The Balaban J connectivity index is 3.12. The fraction of sp³-hybridized carbons (Fsp3) is 0.792. The van der Waals surface area contributed by atoms with Crippen molar-refractivity contribution in [2.75, 3.05) is 20.1 Å². The molecular formula is C24H43N3O4. The normalized spacial score (nSPS) is 20.3. The number of nitrogens with zero attached hydrogens (tertiary/aromatic N) is 2. The van der Waals surface area contributed by atoms with Crippen LogP contribution >= 0.6 is 0 Å². The standard InChI is InChI=1S/C24H43N3O4/c1-9-13-27-14-11-10-12-18(27)21(28)25-20(24(5,6)7)22(29)26(8)19(16(2)3)15-17(4)23(30)31/h15-16,18-20H,9-14H2,1-8H3,(H,25,28)(H,30,31)/t18?,19-,20-/m1/s1. The Morgan fingerprint density at radius 3 is 2.32 bits per heavy atom. The number of carboxylic acids is 1. The number of likely N-dealkylation sites (N-methyl/N-ethyl adjacent to an activating group) is 1. The van der Waals surface area contributed by atoms with Crippen molar-refractivity contribution < 1.29 is 19.5 Å². The molecule has 0 spiro atoms. The van der Waals surface area contributed by atoms with Crippen molar-refractivity contribution in [3.63, 3.8) is 0 Å². The van der Waals surface area contributed by atoms with Gasteiger partial charge in [-0.15, -0.1) is 0 Å². The number of piperidine rings is 1. The fourth-order valence-electron chi connectivity index (χ4n) is 4.16. The number of carboxylic acid groups (broad SMARTS) is 1. The Kier molecular flexibility index (Phi) is 10.2. The summed E-state index contributed by atoms with van der Waals surface area (Å²) in [5.74, 6) is -1.27. The third-order valence-electron chi connectivity index (χ3n) is 6.06. The van der Waals surface area contributed by atoms with Gasteiger partial charge in [-0.05, 0) is 50.6 Å². The van der Waals surface area contributed by atoms with Crippen LogP contribution < -0.4 is 5.32 Å². The molecule has 7 nitrogen and oxygen atoms in total. The van der Waals surface area contributed by atoms with E-state index < -0.39 is 17.4 Å². The number of carbonyl (C=O) groups is 3. The Hall–Kier alpha value is -1.89. The predicted molar refractivity (Wildman–Crippen MR) is 124 cm³/mol. The molecule has 1 aliphatic heterocycles. The van der Waals surface area contributed by atoms with Crippen LogP contribution in [-0.2, 0) is 14.4 Å². The number of likely N-dealkylation sites (tertiary alicyclic amines) is 1. The van der Waals surface area contributed by atoms with Crippen molar-refractivity contribution >= 4 is 17.8 Å². The number of hydrogen-bond donors (Lipinski definition) is 2. The second-order valence-corrected chi connectivity index (χ2v) is 10.2. The summed E-state index contributed by atoms with van der Waals surface area (Å²) in [7, 11) is 1.69. The third-order valence-corrected chi connectivity index (χ3v) is 6.06. The molecule has 0 radical (unpaired) electrons. The van der Waals surface area contributed by atoms with Gasteiger partial charge in [-0.1, -0.05) is 54.0 Å². The number of carbonyl (C=O) groups excluding carboxylic acids is 2. The van der Waals surface area contributed by atoms with E-state index in [0.717, 1.165) is 38.8 Å². The van der Waals surface area contributed by atoms with Crippen LogP contribution in [0, 0.1) is 11.3 Å². The van der Waals surface area contributed by atoms with Crippen molar-refractivity contribution in [2.24, 2.45) is 11.3 Å². The van der Waals surface area contributed by atoms with E-state index in [1.54, 1.807) is 18.0 Å². The summed E-state index contributed by atoms with van der Waals surface area (Å²) in [6, 6.07) is -1.28. The highest BCUT2D eigenvalue weighted by Crippen LogP contribution is 2.25. The van der Waals surface area contributed by atoms with Crippen LogP contribution in [0.4, 0.5) is 0 Å². The first-order valence-corrected chi connectivity index (χ1v) is 11.5. The van der Waals surface area contributed by atoms with Crippen LogP contribution in [0.15, 0.2) is 11.6 Å². The van der Waals surface area contributed by atoms with Gasteiger partial charge in [-0.3, -0.25) is 14.5 Å². The minimum Gasteiger partial charge on any atom is -0.478 e. The van der Waals surface area contributed by atoms with Crippen LogP contribution in [0.1, 0.15) is 74.1 Å². The van der Waals surface area contributed by atoms with E-state index in [-0.39, 0.29) is 35.4 Å². The van der Waals surface area contributed by atoms with Gasteiger partial charge in [-0.2, -0.15) is 0 Å². The summed E-state index contributed by atoms with van der Waals surface area (Å²) in [5, 5.41) is 12.3. The molecule has 0 saturated carbocycles. The molecule has 2 amide bonds. The van der Waals surface area contributed by atoms with Crippen LogP contribution in [0.25, 0.3) is 0 Å². The van der Waals surface area contributed by atoms with E-state index in [2.05, 4.69) is 17.1 Å². The highest BCUT2D eigenvalue weighted by molar-refractivity contribution is 5.91. The van der Waals surface area contributed by atoms with Crippen molar-refractivity contribution in [3.05, 3.63) is 11.6 Å². The molecule has 0 aromatic carbocycles. The fourth-order valence-corrected chi connectivity index (χ4v) is 4.16. The first kappa shape index (κ1) is 27.1. The molecule has 1 heterocycles. The minimum atomic E-state index is -1.000. The lowest BCUT2D eigenvalue weighted by atomic mass is 9.84. The molecule has 31 heavy (non-hydrogen) atoms. The lowest BCUT2D eigenvalue weighted by molar-refractivity contribution is -0.141. The summed E-state index contributed by atoms with van der Waals surface area (Å²) in [6.07, 6.45) is 5.53. The van der Waals surface area contributed by atoms with Crippen LogP contribution in [0.5, 0.6) is 0 Å². The van der Waals surface area contributed by atoms with Crippen LogP contribution in [0.3, 0.4) is 0 Å². The molecule has 0 aliphatic carbocycles. The molecular weight excluding hydrogens is 394 g/mol. The molecule has 1 saturated heterocycles. The molecule has 1 fully saturated rings. The highest BCUT2D eigenvalue weighted by Gasteiger charge is 2.39. The Morgan fingerprint density at radius 2 is 1.84 bits per heavy atom. The molecule has 0 aromatic rings. The molecule has 2 N–H and O–H groups in total. The van der Waals surface area contributed by atoms with E-state index in [1.165, 1.54) is 6.92 Å². The highest BCUT2D eigenvalue weighted by atomic mass is 16.4. The van der Waals surface area contributed by atoms with Gasteiger partial charge in [0.15, 0.2) is 0 Å². The zero-order chi connectivity index (χ0) is 23.9. The van der Waals surface area contributed by atoms with Gasteiger partial charge >= 0.3 is 5.97 Å². The van der Waals surface area contributed by atoms with Crippen LogP contribution in [-0.4, -0.2) is 71.0 Å². The quantitative estimate of drug-likeness (QED) is 0.540. The third kappa shape index (κ3) is 7.63. The van der Waals surface area contributed by atoms with E-state index in [9.17, 15) is 19.5 Å². The molecule has 1 unspecified atom stereocenters. The van der Waals surface area contributed by atoms with Crippen molar-refractivity contribution in [1.29, 1.82) is 0 Å². The molecule has 3 atom stereocenters. The number of amides is 2. The van der Waals surface area contributed by atoms with Gasteiger partial charge in [0.1, 0.15) is 6.04 Å². The minimum absolute atomic E-state index is 0.0259. The summed E-state index contributed by atoms with van der Waals surface area (Å²) in [6.45, 7) is 15.2. The molecule has 178 valence electrons. The summed E-state index contributed by atoms with van der Waals surface area (Å²) in [4.78, 5) is 41.9. The number of rotatable bonds is 9. The van der Waals surface area contributed by atoms with Gasteiger partial charge in [0.2, 0.25) is 11.8 Å². The summed E-state index contributed by atoms with van der Waals surface area (Å²) >= 11 is 0. The van der Waals surface area contributed by atoms with Gasteiger partial charge < -0.3 is 15.3 Å². The number of nitrogens with one attached hydrogen (secondary N) is 1. The smallest absolute Gasteiger partial charge is 0.331 e. The Bertz CT molecular complexity index is 664. The number of hydrogen-bond acceptors (Lipinski definition) is 4. The zero-order valence-electron chi connectivity index (χ0n) is 20.7. The van der Waals surface area contributed by atoms with Crippen molar-refractivity contribution in [2.45, 2.75) is 92.3 Å². The average molecular weight is 438 g/mol. The lowest BCUT2D eigenvalue weighted by Gasteiger charge is -2.40. The lowest BCUT2D eigenvalue weighted by Crippen LogP contribution is -2.60. The summed E-state index contributed by atoms with van der Waals surface area (Å²) < 4.78 is 0. The maximum Gasteiger partial charge on any atom is 0.331 e. The van der Waals surface area contributed by atoms with E-state index in [0.29, 0.717) is 0 Å². The molecule has 1 aliphatic rings. The van der Waals surface area contributed by atoms with Crippen LogP contribution in [0.2, 0.25) is 0 Å². The zero-order valence-corrected chi connectivity index (χ0v) is 20.7. The van der Waals surface area contributed by atoms with Crippen molar-refractivity contribution in [1.82, 2.24) is 15.1 Å². The second kappa shape index (κ2) is 11.7. The first-order valence-electron chi connectivity index (χ1n) is 11.5.